The van der Waals surface area contributed by atoms with E-state index in [9.17, 15) is 4.79 Å². The van der Waals surface area contributed by atoms with Crippen molar-refractivity contribution in [2.45, 2.75) is 26.9 Å². The van der Waals surface area contributed by atoms with Crippen LogP contribution in [0.4, 0.5) is 0 Å². The molecule has 0 aliphatic heterocycles. The van der Waals surface area contributed by atoms with Gasteiger partial charge in [-0.15, -0.1) is 6.58 Å². The molecular formula is C19H20O2. The molecule has 0 unspecified atom stereocenters. The van der Waals surface area contributed by atoms with E-state index in [1.54, 1.807) is 6.07 Å². The topological polar surface area (TPSA) is 26.3 Å². The summed E-state index contributed by atoms with van der Waals surface area (Å²) in [7, 11) is 0. The molecule has 0 aliphatic rings. The number of allylic oxidation sites excluding steroid dienone is 1. The Hall–Kier alpha value is -2.35. The number of ether oxygens (including phenoxy) is 1. The molecule has 2 aromatic rings. The minimum Gasteiger partial charge on any atom is -0.489 e. The molecule has 0 amide bonds. The molecule has 0 atom stereocenters. The van der Waals surface area contributed by atoms with E-state index < -0.39 is 0 Å². The van der Waals surface area contributed by atoms with Crippen molar-refractivity contribution >= 4 is 6.29 Å². The van der Waals surface area contributed by atoms with Crippen molar-refractivity contribution in [3.05, 3.63) is 76.9 Å². The summed E-state index contributed by atoms with van der Waals surface area (Å²) in [5.41, 5.74) is 5.24. The fourth-order valence-electron chi connectivity index (χ4n) is 2.33. The molecule has 21 heavy (non-hydrogen) atoms. The first kappa shape index (κ1) is 15.0. The van der Waals surface area contributed by atoms with Gasteiger partial charge in [0.1, 0.15) is 18.6 Å². The summed E-state index contributed by atoms with van der Waals surface area (Å²) in [6, 6.07) is 11.9. The lowest BCUT2D eigenvalue weighted by atomic mass is 10.0. The van der Waals surface area contributed by atoms with E-state index in [2.05, 4.69) is 31.7 Å². The smallest absolute Gasteiger partial charge is 0.150 e. The summed E-state index contributed by atoms with van der Waals surface area (Å²) in [6.07, 6.45) is 3.56. The van der Waals surface area contributed by atoms with Gasteiger partial charge in [-0.05, 0) is 55.2 Å². The van der Waals surface area contributed by atoms with Gasteiger partial charge in [0.15, 0.2) is 0 Å². The Kier molecular flexibility index (Phi) is 4.94. The highest BCUT2D eigenvalue weighted by atomic mass is 16.5. The number of benzene rings is 2. The minimum absolute atomic E-state index is 0.493. The molecule has 0 fully saturated rings. The lowest BCUT2D eigenvalue weighted by Gasteiger charge is -2.12. The average Bonchev–Trinajstić information content (AvgIpc) is 2.47. The van der Waals surface area contributed by atoms with Crippen molar-refractivity contribution in [3.8, 4) is 5.75 Å². The van der Waals surface area contributed by atoms with Crippen LogP contribution in [-0.2, 0) is 13.0 Å². The van der Waals surface area contributed by atoms with Gasteiger partial charge < -0.3 is 4.74 Å². The molecule has 0 spiro atoms. The van der Waals surface area contributed by atoms with Crippen LogP contribution in [0.25, 0.3) is 0 Å². The number of hydrogen-bond acceptors (Lipinski definition) is 2. The third-order valence-electron chi connectivity index (χ3n) is 3.33. The van der Waals surface area contributed by atoms with Crippen LogP contribution in [0, 0.1) is 13.8 Å². The van der Waals surface area contributed by atoms with Gasteiger partial charge in [0.2, 0.25) is 0 Å². The summed E-state index contributed by atoms with van der Waals surface area (Å²) < 4.78 is 5.86. The van der Waals surface area contributed by atoms with Crippen molar-refractivity contribution in [1.29, 1.82) is 0 Å². The molecule has 0 saturated carbocycles. The molecule has 0 radical (unpaired) electrons. The third kappa shape index (κ3) is 4.06. The van der Waals surface area contributed by atoms with Crippen LogP contribution in [0.2, 0.25) is 0 Å². The molecule has 0 aliphatic carbocycles. The fourth-order valence-corrected chi connectivity index (χ4v) is 2.33. The Morgan fingerprint density at radius 1 is 1.05 bits per heavy atom. The number of carbonyl (C=O) groups excluding carboxylic acids is 1. The van der Waals surface area contributed by atoms with Crippen LogP contribution in [0.15, 0.2) is 49.1 Å². The highest BCUT2D eigenvalue weighted by Crippen LogP contribution is 2.19. The first-order valence-corrected chi connectivity index (χ1v) is 7.01. The van der Waals surface area contributed by atoms with E-state index in [0.29, 0.717) is 12.2 Å². The van der Waals surface area contributed by atoms with Crippen LogP contribution in [0.3, 0.4) is 0 Å². The normalized spacial score (nSPS) is 10.2. The maximum Gasteiger partial charge on any atom is 0.150 e. The Morgan fingerprint density at radius 3 is 2.57 bits per heavy atom. The highest BCUT2D eigenvalue weighted by molar-refractivity contribution is 5.76. The molecule has 0 saturated heterocycles. The summed E-state index contributed by atoms with van der Waals surface area (Å²) in [6.45, 7) is 8.31. The van der Waals surface area contributed by atoms with E-state index >= 15 is 0 Å². The second-order valence-electron chi connectivity index (χ2n) is 5.25. The summed E-state index contributed by atoms with van der Waals surface area (Å²) in [5.74, 6) is 0.725. The van der Waals surface area contributed by atoms with Gasteiger partial charge in [-0.2, -0.15) is 0 Å². The second kappa shape index (κ2) is 6.89. The van der Waals surface area contributed by atoms with Crippen LogP contribution in [0.5, 0.6) is 5.75 Å². The second-order valence-corrected chi connectivity index (χ2v) is 5.25. The zero-order chi connectivity index (χ0) is 15.2. The van der Waals surface area contributed by atoms with Gasteiger partial charge in [0, 0.05) is 5.56 Å². The number of rotatable bonds is 6. The van der Waals surface area contributed by atoms with Gasteiger partial charge in [0.05, 0.1) is 0 Å². The van der Waals surface area contributed by atoms with Crippen LogP contribution >= 0.6 is 0 Å². The summed E-state index contributed by atoms with van der Waals surface area (Å²) in [5, 5.41) is 0. The lowest BCUT2D eigenvalue weighted by molar-refractivity contribution is 0.112. The number of aldehydes is 1. The molecule has 2 nitrogen and oxygen atoms in total. The Morgan fingerprint density at radius 2 is 1.86 bits per heavy atom. The minimum atomic E-state index is 0.493. The van der Waals surface area contributed by atoms with E-state index in [1.807, 2.05) is 25.1 Å². The van der Waals surface area contributed by atoms with E-state index in [-0.39, 0.29) is 0 Å². The molecular weight excluding hydrogens is 260 g/mol. The molecule has 2 aromatic carbocycles. The van der Waals surface area contributed by atoms with Crippen molar-refractivity contribution < 1.29 is 9.53 Å². The number of hydrogen-bond donors (Lipinski definition) is 0. The van der Waals surface area contributed by atoms with E-state index in [0.717, 1.165) is 29.6 Å². The highest BCUT2D eigenvalue weighted by Gasteiger charge is 2.04. The average molecular weight is 280 g/mol. The summed E-state index contributed by atoms with van der Waals surface area (Å²) in [4.78, 5) is 10.9. The van der Waals surface area contributed by atoms with Crippen LogP contribution in [0.1, 0.15) is 32.6 Å². The van der Waals surface area contributed by atoms with Crippen LogP contribution in [-0.4, -0.2) is 6.29 Å². The van der Waals surface area contributed by atoms with Gasteiger partial charge in [-0.1, -0.05) is 29.8 Å². The van der Waals surface area contributed by atoms with Gasteiger partial charge >= 0.3 is 0 Å². The lowest BCUT2D eigenvalue weighted by Crippen LogP contribution is -2.01. The quantitative estimate of drug-likeness (QED) is 0.578. The predicted molar refractivity (Wildman–Crippen MR) is 86.0 cm³/mol. The molecule has 2 heteroatoms. The first-order valence-electron chi connectivity index (χ1n) is 7.01. The third-order valence-corrected chi connectivity index (χ3v) is 3.33. The zero-order valence-corrected chi connectivity index (χ0v) is 12.6. The largest absolute Gasteiger partial charge is 0.489 e. The van der Waals surface area contributed by atoms with E-state index in [4.69, 9.17) is 4.74 Å². The van der Waals surface area contributed by atoms with Crippen molar-refractivity contribution in [3.63, 3.8) is 0 Å². The van der Waals surface area contributed by atoms with Crippen molar-refractivity contribution in [2.24, 2.45) is 0 Å². The van der Waals surface area contributed by atoms with Gasteiger partial charge in [-0.3, -0.25) is 4.79 Å². The molecule has 0 bridgehead atoms. The number of aryl methyl sites for hydroxylation is 2. The molecule has 0 heterocycles. The maximum atomic E-state index is 10.9. The fraction of sp³-hybridized carbons (Fsp3) is 0.211. The monoisotopic (exact) mass is 280 g/mol. The zero-order valence-electron chi connectivity index (χ0n) is 12.6. The SMILES string of the molecule is C=CCc1ccc(C)cc1COc1cc(C)cc(C=O)c1. The Labute approximate surface area is 126 Å². The maximum absolute atomic E-state index is 10.9. The first-order chi connectivity index (χ1) is 10.1. The Bertz CT molecular complexity index is 657. The van der Waals surface area contributed by atoms with E-state index in [1.165, 1.54) is 11.1 Å². The van der Waals surface area contributed by atoms with Gasteiger partial charge in [0.25, 0.3) is 0 Å². The van der Waals surface area contributed by atoms with Gasteiger partial charge in [-0.25, -0.2) is 0 Å². The number of carbonyl (C=O) groups is 1. The molecule has 108 valence electrons. The molecule has 0 N–H and O–H groups in total. The standard InChI is InChI=1S/C19H20O2/c1-4-5-17-7-6-14(2)9-18(17)13-21-19-10-15(3)8-16(11-19)12-20/h4,6-12H,1,5,13H2,2-3H3. The molecule has 0 aromatic heterocycles. The Balaban J connectivity index is 2.19. The van der Waals surface area contributed by atoms with Crippen LogP contribution < -0.4 is 4.74 Å². The predicted octanol–water partition coefficient (Wildman–Crippen LogP) is 4.42. The summed E-state index contributed by atoms with van der Waals surface area (Å²) >= 11 is 0. The molecule has 2 rings (SSSR count). The van der Waals surface area contributed by atoms with Crippen molar-refractivity contribution in [2.75, 3.05) is 0 Å². The van der Waals surface area contributed by atoms with Crippen molar-refractivity contribution in [1.82, 2.24) is 0 Å².